The summed E-state index contributed by atoms with van der Waals surface area (Å²) in [7, 11) is -4.14. The van der Waals surface area contributed by atoms with Crippen LogP contribution in [0.3, 0.4) is 0 Å². The molecule has 0 aliphatic rings. The molecule has 0 spiro atoms. The van der Waals surface area contributed by atoms with Crippen LogP contribution in [0.4, 0.5) is 15.8 Å². The van der Waals surface area contributed by atoms with Crippen molar-refractivity contribution >= 4 is 44.6 Å². The van der Waals surface area contributed by atoms with E-state index >= 15 is 0 Å². The first-order valence-electron chi connectivity index (χ1n) is 5.74. The zero-order chi connectivity index (χ0) is 15.8. The van der Waals surface area contributed by atoms with E-state index in [0.717, 1.165) is 0 Å². The quantitative estimate of drug-likeness (QED) is 0.828. The number of hydrogen-bond donors (Lipinski definition) is 2. The van der Waals surface area contributed by atoms with Crippen molar-refractivity contribution in [1.29, 1.82) is 0 Å². The van der Waals surface area contributed by atoms with Crippen LogP contribution in [0.1, 0.15) is 5.56 Å². The van der Waals surface area contributed by atoms with Gasteiger partial charge in [-0.1, -0.05) is 29.3 Å². The number of halogens is 3. The van der Waals surface area contributed by atoms with Gasteiger partial charge in [0, 0.05) is 5.02 Å². The molecule has 3 N–H and O–H groups in total. The molecule has 0 aliphatic heterocycles. The predicted molar refractivity (Wildman–Crippen MR) is 82.8 cm³/mol. The minimum atomic E-state index is -4.14. The molecule has 0 fully saturated rings. The highest BCUT2D eigenvalue weighted by molar-refractivity contribution is 7.93. The third kappa shape index (κ3) is 3.40. The van der Waals surface area contributed by atoms with Crippen molar-refractivity contribution in [3.63, 3.8) is 0 Å². The Bertz CT molecular complexity index is 787. The summed E-state index contributed by atoms with van der Waals surface area (Å²) in [4.78, 5) is -0.338. The van der Waals surface area contributed by atoms with Gasteiger partial charge in [0.25, 0.3) is 10.0 Å². The molecule has 0 unspecified atom stereocenters. The predicted octanol–water partition coefficient (Wildman–Crippen LogP) is 3.82. The normalized spacial score (nSPS) is 11.4. The van der Waals surface area contributed by atoms with Crippen LogP contribution >= 0.6 is 23.2 Å². The molecule has 4 nitrogen and oxygen atoms in total. The van der Waals surface area contributed by atoms with Crippen molar-refractivity contribution in [3.8, 4) is 0 Å². The number of hydrogen-bond acceptors (Lipinski definition) is 3. The van der Waals surface area contributed by atoms with Gasteiger partial charge in [-0.15, -0.1) is 0 Å². The molecule has 2 aromatic rings. The van der Waals surface area contributed by atoms with Gasteiger partial charge in [-0.3, -0.25) is 4.72 Å². The van der Waals surface area contributed by atoms with Crippen LogP contribution in [0.5, 0.6) is 0 Å². The molecule has 2 rings (SSSR count). The summed E-state index contributed by atoms with van der Waals surface area (Å²) in [5.74, 6) is -0.701. The summed E-state index contributed by atoms with van der Waals surface area (Å²) in [6.45, 7) is 1.71. The van der Waals surface area contributed by atoms with Crippen LogP contribution in [-0.4, -0.2) is 8.42 Å². The Labute approximate surface area is 131 Å². The number of anilines is 2. The second-order valence-electron chi connectivity index (χ2n) is 4.39. The minimum Gasteiger partial charge on any atom is -0.398 e. The molecule has 0 aromatic heterocycles. The first-order chi connectivity index (χ1) is 9.70. The monoisotopic (exact) mass is 348 g/mol. The largest absolute Gasteiger partial charge is 0.398 e. The summed E-state index contributed by atoms with van der Waals surface area (Å²) in [6.07, 6.45) is 0. The van der Waals surface area contributed by atoms with Crippen LogP contribution < -0.4 is 10.5 Å². The van der Waals surface area contributed by atoms with Crippen LogP contribution in [-0.2, 0) is 10.0 Å². The lowest BCUT2D eigenvalue weighted by molar-refractivity contribution is 0.599. The van der Waals surface area contributed by atoms with E-state index in [1.807, 2.05) is 0 Å². The second kappa shape index (κ2) is 5.71. The van der Waals surface area contributed by atoms with Crippen LogP contribution in [0.15, 0.2) is 35.2 Å². The number of sulfonamides is 1. The molecule has 0 saturated heterocycles. The Morgan fingerprint density at radius 3 is 2.48 bits per heavy atom. The van der Waals surface area contributed by atoms with E-state index in [9.17, 15) is 12.8 Å². The molecular weight excluding hydrogens is 338 g/mol. The van der Waals surface area contributed by atoms with Gasteiger partial charge < -0.3 is 5.73 Å². The van der Waals surface area contributed by atoms with Crippen LogP contribution in [0.2, 0.25) is 10.0 Å². The second-order valence-corrected chi connectivity index (χ2v) is 6.86. The smallest absolute Gasteiger partial charge is 0.265 e. The van der Waals surface area contributed by atoms with Gasteiger partial charge in [-0.05, 0) is 36.8 Å². The fraction of sp³-hybridized carbons (Fsp3) is 0.0769. The Morgan fingerprint density at radius 2 is 1.86 bits per heavy atom. The lowest BCUT2D eigenvalue weighted by Gasteiger charge is -2.13. The fourth-order valence-corrected chi connectivity index (χ4v) is 3.82. The summed E-state index contributed by atoms with van der Waals surface area (Å²) in [6, 6.07) is 6.57. The highest BCUT2D eigenvalue weighted by atomic mass is 35.5. The lowest BCUT2D eigenvalue weighted by atomic mass is 10.2. The number of benzene rings is 2. The SMILES string of the molecule is Cc1ccc(F)c(NS(=O)(=O)c2c(N)cc(Cl)cc2Cl)c1. The maximum Gasteiger partial charge on any atom is 0.265 e. The Kier molecular flexibility index (Phi) is 4.32. The standard InChI is InChI=1S/C13H11Cl2FN2O2S/c1-7-2-3-10(16)12(4-7)18-21(19,20)13-9(15)5-8(14)6-11(13)17/h2-6,18H,17H2,1H3. The molecule has 2 aromatic carbocycles. The number of aryl methyl sites for hydroxylation is 1. The van der Waals surface area contributed by atoms with Gasteiger partial charge in [0.05, 0.1) is 16.4 Å². The number of nitrogens with one attached hydrogen (secondary N) is 1. The maximum absolute atomic E-state index is 13.7. The molecule has 0 bridgehead atoms. The highest BCUT2D eigenvalue weighted by Gasteiger charge is 2.23. The Morgan fingerprint density at radius 1 is 1.19 bits per heavy atom. The van der Waals surface area contributed by atoms with Gasteiger partial charge in [-0.25, -0.2) is 12.8 Å². The van der Waals surface area contributed by atoms with Crippen LogP contribution in [0.25, 0.3) is 0 Å². The van der Waals surface area contributed by atoms with Gasteiger partial charge >= 0.3 is 0 Å². The molecule has 0 atom stereocenters. The first-order valence-corrected chi connectivity index (χ1v) is 7.98. The highest BCUT2D eigenvalue weighted by Crippen LogP contribution is 2.32. The van der Waals surface area contributed by atoms with Gasteiger partial charge in [0.1, 0.15) is 10.7 Å². The number of nitrogen functional groups attached to an aromatic ring is 1. The van der Waals surface area contributed by atoms with E-state index < -0.39 is 15.8 Å². The minimum absolute atomic E-state index is 0.118. The third-order valence-electron chi connectivity index (χ3n) is 2.67. The van der Waals surface area contributed by atoms with Crippen molar-refractivity contribution in [1.82, 2.24) is 0 Å². The summed E-state index contributed by atoms with van der Waals surface area (Å²) >= 11 is 11.6. The van der Waals surface area contributed by atoms with E-state index in [4.69, 9.17) is 28.9 Å². The van der Waals surface area contributed by atoms with Gasteiger partial charge in [0.2, 0.25) is 0 Å². The van der Waals surface area contributed by atoms with Crippen molar-refractivity contribution in [2.24, 2.45) is 0 Å². The average molecular weight is 349 g/mol. The molecule has 8 heteroatoms. The van der Waals surface area contributed by atoms with Crippen molar-refractivity contribution in [2.45, 2.75) is 11.8 Å². The third-order valence-corrected chi connectivity index (χ3v) is 4.78. The molecule has 0 amide bonds. The van der Waals surface area contributed by atoms with Crippen molar-refractivity contribution in [2.75, 3.05) is 10.5 Å². The number of rotatable bonds is 3. The van der Waals surface area contributed by atoms with E-state index in [1.165, 1.54) is 30.3 Å². The topological polar surface area (TPSA) is 72.2 Å². The molecule has 0 radical (unpaired) electrons. The Hall–Kier alpha value is -1.50. The van der Waals surface area contributed by atoms with Gasteiger partial charge in [0.15, 0.2) is 0 Å². The number of nitrogens with two attached hydrogens (primary N) is 1. The maximum atomic E-state index is 13.7. The van der Waals surface area contributed by atoms with E-state index in [2.05, 4.69) is 4.72 Å². The molecule has 0 heterocycles. The van der Waals surface area contributed by atoms with E-state index in [0.29, 0.717) is 5.56 Å². The van der Waals surface area contributed by atoms with Crippen molar-refractivity contribution < 1.29 is 12.8 Å². The molecular formula is C13H11Cl2FN2O2S. The van der Waals surface area contributed by atoms with Crippen LogP contribution in [0, 0.1) is 12.7 Å². The zero-order valence-corrected chi connectivity index (χ0v) is 13.2. The molecule has 112 valence electrons. The summed E-state index contributed by atoms with van der Waals surface area (Å²) in [5.41, 5.74) is 6.05. The van der Waals surface area contributed by atoms with E-state index in [1.54, 1.807) is 6.92 Å². The molecule has 0 aliphatic carbocycles. The molecule has 21 heavy (non-hydrogen) atoms. The molecule has 0 saturated carbocycles. The average Bonchev–Trinajstić information content (AvgIpc) is 2.31. The summed E-state index contributed by atoms with van der Waals surface area (Å²) < 4.78 is 40.5. The van der Waals surface area contributed by atoms with E-state index in [-0.39, 0.29) is 26.3 Å². The lowest BCUT2D eigenvalue weighted by Crippen LogP contribution is -2.16. The van der Waals surface area contributed by atoms with Gasteiger partial charge in [-0.2, -0.15) is 0 Å². The zero-order valence-electron chi connectivity index (χ0n) is 10.8. The Balaban J connectivity index is 2.51. The summed E-state index contributed by atoms with van der Waals surface area (Å²) in [5, 5.41) is 0.0683. The fourth-order valence-electron chi connectivity index (χ4n) is 1.78. The first kappa shape index (κ1) is 15.9. The van der Waals surface area contributed by atoms with Crippen molar-refractivity contribution in [3.05, 3.63) is 51.8 Å².